The van der Waals surface area contributed by atoms with Crippen LogP contribution in [0.3, 0.4) is 0 Å². The molecule has 1 atom stereocenters. The van der Waals surface area contributed by atoms with Crippen LogP contribution in [-0.2, 0) is 22.6 Å². The van der Waals surface area contributed by atoms with Gasteiger partial charge in [0.1, 0.15) is 11.8 Å². The first-order valence-electron chi connectivity index (χ1n) is 13.7. The summed E-state index contributed by atoms with van der Waals surface area (Å²) in [5.41, 5.74) is 1.93. The number of carbonyl (C=O) groups excluding carboxylic acids is 2. The molecule has 5 rings (SSSR count). The Balaban J connectivity index is 1.43. The summed E-state index contributed by atoms with van der Waals surface area (Å²) in [6.45, 7) is 0.100. The highest BCUT2D eigenvalue weighted by molar-refractivity contribution is 9.11. The van der Waals surface area contributed by atoms with Gasteiger partial charge >= 0.3 is 0 Å². The molecule has 0 radical (unpaired) electrons. The van der Waals surface area contributed by atoms with E-state index in [0.717, 1.165) is 56.5 Å². The van der Waals surface area contributed by atoms with Crippen molar-refractivity contribution in [1.82, 2.24) is 10.2 Å². The summed E-state index contributed by atoms with van der Waals surface area (Å²) in [6, 6.07) is 29.0. The number of carbonyl (C=O) groups is 2. The van der Waals surface area contributed by atoms with Crippen LogP contribution >= 0.6 is 31.9 Å². The lowest BCUT2D eigenvalue weighted by Crippen LogP contribution is -2.53. The fourth-order valence-corrected chi connectivity index (χ4v) is 6.36. The minimum Gasteiger partial charge on any atom is -0.483 e. The Morgan fingerprint density at radius 1 is 0.875 bits per heavy atom. The van der Waals surface area contributed by atoms with Gasteiger partial charge in [0.2, 0.25) is 5.91 Å². The third-order valence-corrected chi connectivity index (χ3v) is 8.70. The van der Waals surface area contributed by atoms with E-state index in [2.05, 4.69) is 37.2 Å². The third kappa shape index (κ3) is 7.12. The first-order chi connectivity index (χ1) is 19.5. The van der Waals surface area contributed by atoms with Crippen molar-refractivity contribution in [2.24, 2.45) is 0 Å². The Kier molecular flexibility index (Phi) is 9.55. The predicted octanol–water partition coefficient (Wildman–Crippen LogP) is 7.44. The van der Waals surface area contributed by atoms with Crippen molar-refractivity contribution in [2.75, 3.05) is 6.61 Å². The van der Waals surface area contributed by atoms with Gasteiger partial charge in [-0.2, -0.15) is 0 Å². The number of nitrogens with zero attached hydrogens (tertiary/aromatic N) is 1. The van der Waals surface area contributed by atoms with Crippen LogP contribution in [0.1, 0.15) is 36.8 Å². The summed E-state index contributed by atoms with van der Waals surface area (Å²) >= 11 is 7.20. The molecule has 1 aliphatic carbocycles. The molecule has 7 heteroatoms. The van der Waals surface area contributed by atoms with Crippen molar-refractivity contribution in [1.29, 1.82) is 0 Å². The van der Waals surface area contributed by atoms with Gasteiger partial charge in [-0.15, -0.1) is 0 Å². The maximum atomic E-state index is 13.9. The molecule has 2 amide bonds. The second-order valence-corrected chi connectivity index (χ2v) is 11.9. The Labute approximate surface area is 252 Å². The van der Waals surface area contributed by atoms with E-state index in [1.54, 1.807) is 4.90 Å². The minimum absolute atomic E-state index is 0.119. The van der Waals surface area contributed by atoms with Crippen molar-refractivity contribution >= 4 is 54.4 Å². The highest BCUT2D eigenvalue weighted by Crippen LogP contribution is 2.33. The van der Waals surface area contributed by atoms with Crippen molar-refractivity contribution < 1.29 is 14.3 Å². The number of halogens is 2. The number of rotatable bonds is 10. The lowest BCUT2D eigenvalue weighted by atomic mass is 10.0. The van der Waals surface area contributed by atoms with Gasteiger partial charge in [0.05, 0.1) is 4.47 Å². The van der Waals surface area contributed by atoms with E-state index in [1.807, 2.05) is 91.0 Å². The molecule has 0 saturated heterocycles. The van der Waals surface area contributed by atoms with Crippen molar-refractivity contribution in [2.45, 2.75) is 50.7 Å². The van der Waals surface area contributed by atoms with Gasteiger partial charge < -0.3 is 15.0 Å². The highest BCUT2D eigenvalue weighted by Gasteiger charge is 2.32. The molecular weight excluding hydrogens is 632 g/mol. The van der Waals surface area contributed by atoms with Gasteiger partial charge in [0.25, 0.3) is 5.91 Å². The van der Waals surface area contributed by atoms with E-state index in [4.69, 9.17) is 4.74 Å². The number of benzene rings is 4. The lowest BCUT2D eigenvalue weighted by Gasteiger charge is -2.32. The zero-order valence-corrected chi connectivity index (χ0v) is 25.4. The molecule has 0 aromatic heterocycles. The zero-order valence-electron chi connectivity index (χ0n) is 22.2. The van der Waals surface area contributed by atoms with Crippen LogP contribution in [-0.4, -0.2) is 35.4 Å². The molecule has 1 aliphatic rings. The molecule has 206 valence electrons. The van der Waals surface area contributed by atoms with E-state index in [1.165, 1.54) is 0 Å². The van der Waals surface area contributed by atoms with Crippen LogP contribution in [0.2, 0.25) is 0 Å². The third-order valence-electron chi connectivity index (χ3n) is 7.39. The molecular formula is C33H32Br2N2O3. The average molecular weight is 664 g/mol. The van der Waals surface area contributed by atoms with Crippen LogP contribution in [0.15, 0.2) is 99.9 Å². The monoisotopic (exact) mass is 662 g/mol. The van der Waals surface area contributed by atoms with Gasteiger partial charge in [-0.25, -0.2) is 0 Å². The van der Waals surface area contributed by atoms with Crippen LogP contribution in [0.25, 0.3) is 10.8 Å². The van der Waals surface area contributed by atoms with Gasteiger partial charge in [-0.1, -0.05) is 102 Å². The fraction of sp³-hybridized carbons (Fsp3) is 0.273. The molecule has 4 aromatic rings. The number of amides is 2. The maximum Gasteiger partial charge on any atom is 0.261 e. The molecule has 0 aliphatic heterocycles. The van der Waals surface area contributed by atoms with Crippen LogP contribution < -0.4 is 10.1 Å². The number of hydrogen-bond donors (Lipinski definition) is 1. The standard InChI is InChI=1S/C33H32Br2N2O3/c34-26-13-8-11-24(19-26)21-37(31(38)22-40-30-18-17-25-12-4-7-16-28(25)32(30)35)29(20-23-9-2-1-3-10-23)33(39)36-27-14-5-6-15-27/h1-4,7-13,16-19,27,29H,5-6,14-15,20-22H2,(H,36,39)/t29-/m1/s1. The van der Waals surface area contributed by atoms with Gasteiger partial charge in [0, 0.05) is 23.5 Å². The topological polar surface area (TPSA) is 58.6 Å². The van der Waals surface area contributed by atoms with Gasteiger partial charge in [-0.05, 0) is 68.9 Å². The molecule has 1 saturated carbocycles. The van der Waals surface area contributed by atoms with E-state index in [9.17, 15) is 9.59 Å². The summed E-state index contributed by atoms with van der Waals surface area (Å²) in [5, 5.41) is 5.33. The summed E-state index contributed by atoms with van der Waals surface area (Å²) in [4.78, 5) is 29.4. The fourth-order valence-electron chi connectivity index (χ4n) is 5.30. The van der Waals surface area contributed by atoms with Crippen LogP contribution in [0.5, 0.6) is 5.75 Å². The van der Waals surface area contributed by atoms with Gasteiger partial charge in [-0.3, -0.25) is 9.59 Å². The first kappa shape index (κ1) is 28.4. The molecule has 40 heavy (non-hydrogen) atoms. The van der Waals surface area contributed by atoms with E-state index in [0.29, 0.717) is 12.2 Å². The number of nitrogens with one attached hydrogen (secondary N) is 1. The number of ether oxygens (including phenoxy) is 1. The Morgan fingerprint density at radius 3 is 2.38 bits per heavy atom. The molecule has 0 bridgehead atoms. The van der Waals surface area contributed by atoms with E-state index < -0.39 is 6.04 Å². The van der Waals surface area contributed by atoms with Crippen LogP contribution in [0.4, 0.5) is 0 Å². The summed E-state index contributed by atoms with van der Waals surface area (Å²) in [6.07, 6.45) is 4.59. The van der Waals surface area contributed by atoms with Gasteiger partial charge in [0.15, 0.2) is 6.61 Å². The molecule has 1 fully saturated rings. The summed E-state index contributed by atoms with van der Waals surface area (Å²) in [7, 11) is 0. The molecule has 0 spiro atoms. The largest absolute Gasteiger partial charge is 0.483 e. The summed E-state index contributed by atoms with van der Waals surface area (Å²) < 4.78 is 7.81. The zero-order chi connectivity index (χ0) is 27.9. The van der Waals surface area contributed by atoms with Crippen molar-refractivity contribution in [3.63, 3.8) is 0 Å². The smallest absolute Gasteiger partial charge is 0.261 e. The Bertz CT molecular complexity index is 1470. The van der Waals surface area contributed by atoms with E-state index >= 15 is 0 Å². The normalized spacial score (nSPS) is 14.2. The minimum atomic E-state index is -0.682. The second-order valence-electron chi connectivity index (χ2n) is 10.2. The molecule has 4 aromatic carbocycles. The quantitative estimate of drug-likeness (QED) is 0.192. The highest BCUT2D eigenvalue weighted by atomic mass is 79.9. The average Bonchev–Trinajstić information content (AvgIpc) is 3.48. The van der Waals surface area contributed by atoms with Crippen molar-refractivity contribution in [3.8, 4) is 5.75 Å². The van der Waals surface area contributed by atoms with Crippen molar-refractivity contribution in [3.05, 3.63) is 111 Å². The number of fused-ring (bicyclic) bond motifs is 1. The molecule has 0 unspecified atom stereocenters. The number of hydrogen-bond acceptors (Lipinski definition) is 3. The molecule has 0 heterocycles. The Hall–Kier alpha value is -3.16. The summed E-state index contributed by atoms with van der Waals surface area (Å²) in [5.74, 6) is 0.220. The SMILES string of the molecule is O=C(NC1CCCC1)[C@@H](Cc1ccccc1)N(Cc1cccc(Br)c1)C(=O)COc1ccc2ccccc2c1Br. The Morgan fingerprint density at radius 2 is 1.60 bits per heavy atom. The maximum absolute atomic E-state index is 13.9. The molecule has 5 nitrogen and oxygen atoms in total. The van der Waals surface area contributed by atoms with Crippen LogP contribution in [0, 0.1) is 0 Å². The first-order valence-corrected chi connectivity index (χ1v) is 15.2. The van der Waals surface area contributed by atoms with E-state index in [-0.39, 0.29) is 31.0 Å². The second kappa shape index (κ2) is 13.5. The lowest BCUT2D eigenvalue weighted by molar-refractivity contribution is -0.143. The predicted molar refractivity (Wildman–Crippen MR) is 166 cm³/mol. The molecule has 1 N–H and O–H groups in total.